The monoisotopic (exact) mass is 393 g/mol. The van der Waals surface area contributed by atoms with Crippen LogP contribution in [0.4, 0.5) is 0 Å². The van der Waals surface area contributed by atoms with Gasteiger partial charge in [0.15, 0.2) is 4.77 Å². The maximum atomic E-state index is 12.8. The van der Waals surface area contributed by atoms with Crippen molar-refractivity contribution in [1.82, 2.24) is 14.9 Å². The molecular weight excluding hydrogens is 362 g/mol. The number of carbonyl (C=O) groups excluding carboxylic acids is 1. The highest BCUT2D eigenvalue weighted by Gasteiger charge is 2.12. The Hall–Kier alpha value is -2.03. The molecule has 1 aromatic carbocycles. The van der Waals surface area contributed by atoms with E-state index in [0.29, 0.717) is 34.3 Å². The van der Waals surface area contributed by atoms with Crippen LogP contribution in [0.2, 0.25) is 0 Å². The van der Waals surface area contributed by atoms with E-state index < -0.39 is 0 Å². The lowest BCUT2D eigenvalue weighted by atomic mass is 10.1. The topological polar surface area (TPSA) is 75.8 Å². The number of likely N-dealkylation sites (N-methyl/N-ethyl adjacent to an activating group) is 2. The molecule has 1 heterocycles. The average molecular weight is 394 g/mol. The van der Waals surface area contributed by atoms with E-state index in [9.17, 15) is 9.59 Å². The molecule has 1 aromatic heterocycles. The Bertz CT molecular complexity index is 899. The number of hydrogen-bond donors (Lipinski definition) is 4. The molecule has 0 radical (unpaired) electrons. The van der Waals surface area contributed by atoms with Crippen LogP contribution >= 0.6 is 12.2 Å². The van der Waals surface area contributed by atoms with Gasteiger partial charge in [-0.15, -0.1) is 0 Å². The third-order valence-corrected chi connectivity index (χ3v) is 5.17. The third-order valence-electron chi connectivity index (χ3n) is 4.84. The van der Waals surface area contributed by atoms with E-state index in [0.717, 1.165) is 26.2 Å². The molecule has 0 spiro atoms. The fraction of sp³-hybridized carbons (Fsp3) is 0.526. The molecule has 0 saturated heterocycles. The second-order valence-electron chi connectivity index (χ2n) is 7.07. The van der Waals surface area contributed by atoms with E-state index in [-0.39, 0.29) is 11.5 Å². The minimum absolute atomic E-state index is 0.108. The van der Waals surface area contributed by atoms with Gasteiger partial charge in [0.05, 0.1) is 64.3 Å². The number of quaternary nitrogens is 2. The number of benzene rings is 1. The van der Waals surface area contributed by atoms with Crippen molar-refractivity contribution in [1.29, 1.82) is 0 Å². The van der Waals surface area contributed by atoms with Gasteiger partial charge in [0.1, 0.15) is 0 Å². The van der Waals surface area contributed by atoms with Crippen LogP contribution in [0.15, 0.2) is 23.0 Å². The van der Waals surface area contributed by atoms with Crippen molar-refractivity contribution in [2.45, 2.75) is 20.4 Å². The third kappa shape index (κ3) is 5.47. The van der Waals surface area contributed by atoms with Gasteiger partial charge in [0.2, 0.25) is 0 Å². The number of carbonyl (C=O) groups is 1. The minimum atomic E-state index is -0.146. The maximum absolute atomic E-state index is 12.8. The molecular formula is C19H31N5O2S+2. The summed E-state index contributed by atoms with van der Waals surface area (Å²) < 4.78 is 2.01. The van der Waals surface area contributed by atoms with Gasteiger partial charge in [-0.3, -0.25) is 14.2 Å². The molecule has 0 atom stereocenters. The summed E-state index contributed by atoms with van der Waals surface area (Å²) in [5.41, 5.74) is 1.01. The molecule has 27 heavy (non-hydrogen) atoms. The predicted molar refractivity (Wildman–Crippen MR) is 110 cm³/mol. The number of rotatable bonds is 9. The second kappa shape index (κ2) is 9.77. The molecule has 0 unspecified atom stereocenters. The van der Waals surface area contributed by atoms with Crippen LogP contribution in [0.25, 0.3) is 10.9 Å². The fourth-order valence-electron chi connectivity index (χ4n) is 3.00. The highest BCUT2D eigenvalue weighted by molar-refractivity contribution is 7.71. The molecule has 0 bridgehead atoms. The lowest BCUT2D eigenvalue weighted by molar-refractivity contribution is -0.897. The Labute approximate surface area is 165 Å². The zero-order chi connectivity index (χ0) is 20.0. The summed E-state index contributed by atoms with van der Waals surface area (Å²) in [6, 6.07) is 5.10. The summed E-state index contributed by atoms with van der Waals surface area (Å²) in [4.78, 5) is 30.9. The van der Waals surface area contributed by atoms with Crippen LogP contribution in [-0.2, 0) is 6.54 Å². The number of H-pyrrole nitrogens is 1. The smallest absolute Gasteiger partial charge is 0.262 e. The highest BCUT2D eigenvalue weighted by Crippen LogP contribution is 2.10. The molecule has 7 nitrogen and oxygen atoms in total. The van der Waals surface area contributed by atoms with Gasteiger partial charge < -0.3 is 20.1 Å². The lowest BCUT2D eigenvalue weighted by Gasteiger charge is -2.16. The Morgan fingerprint density at radius 3 is 2.56 bits per heavy atom. The van der Waals surface area contributed by atoms with Gasteiger partial charge >= 0.3 is 0 Å². The van der Waals surface area contributed by atoms with E-state index in [4.69, 9.17) is 12.2 Å². The average Bonchev–Trinajstić information content (AvgIpc) is 2.63. The number of hydrogen-bond acceptors (Lipinski definition) is 3. The molecule has 4 N–H and O–H groups in total. The number of aromatic amines is 1. The van der Waals surface area contributed by atoms with Gasteiger partial charge in [-0.25, -0.2) is 0 Å². The SMILES string of the molecule is CC[NH+](CC)CCn1c(=S)[nH]c2cc(C(=O)NCC[NH+](C)C)ccc2c1=O. The zero-order valence-electron chi connectivity index (χ0n) is 16.6. The molecule has 0 fully saturated rings. The first kappa shape index (κ1) is 21.3. The zero-order valence-corrected chi connectivity index (χ0v) is 17.5. The van der Waals surface area contributed by atoms with E-state index in [1.807, 2.05) is 14.1 Å². The Kier molecular flexibility index (Phi) is 7.70. The summed E-state index contributed by atoms with van der Waals surface area (Å²) in [6.07, 6.45) is 0. The first-order chi connectivity index (χ1) is 12.9. The van der Waals surface area contributed by atoms with E-state index in [2.05, 4.69) is 24.1 Å². The molecule has 1 amide bonds. The van der Waals surface area contributed by atoms with Crippen molar-refractivity contribution in [2.24, 2.45) is 0 Å². The van der Waals surface area contributed by atoms with Crippen molar-refractivity contribution < 1.29 is 14.6 Å². The van der Waals surface area contributed by atoms with Crippen molar-refractivity contribution in [2.75, 3.05) is 46.8 Å². The van der Waals surface area contributed by atoms with Gasteiger partial charge in [-0.05, 0) is 44.3 Å². The summed E-state index contributed by atoms with van der Waals surface area (Å²) in [5.74, 6) is -0.146. The fourth-order valence-corrected chi connectivity index (χ4v) is 3.28. The minimum Gasteiger partial charge on any atom is -0.346 e. The molecule has 8 heteroatoms. The maximum Gasteiger partial charge on any atom is 0.262 e. The van der Waals surface area contributed by atoms with Crippen molar-refractivity contribution >= 4 is 29.0 Å². The first-order valence-electron chi connectivity index (χ1n) is 9.55. The molecule has 2 rings (SSSR count). The standard InChI is InChI=1S/C19H29N5O2S/c1-5-23(6-2)11-12-24-18(26)15-8-7-14(13-16(15)21-19(24)27)17(25)20-9-10-22(3)4/h7-8,13H,5-6,9-12H2,1-4H3,(H,20,25)(H,21,27)/p+2. The Balaban J connectivity index is 2.25. The lowest BCUT2D eigenvalue weighted by Crippen LogP contribution is -3.11. The molecule has 148 valence electrons. The van der Waals surface area contributed by atoms with E-state index in [1.54, 1.807) is 22.8 Å². The Morgan fingerprint density at radius 2 is 1.93 bits per heavy atom. The Morgan fingerprint density at radius 1 is 1.22 bits per heavy atom. The van der Waals surface area contributed by atoms with E-state index >= 15 is 0 Å². The number of nitrogens with one attached hydrogen (secondary N) is 4. The van der Waals surface area contributed by atoms with Crippen molar-refractivity contribution in [3.05, 3.63) is 38.9 Å². The van der Waals surface area contributed by atoms with Gasteiger partial charge in [-0.2, -0.15) is 0 Å². The normalized spacial score (nSPS) is 11.5. The van der Waals surface area contributed by atoms with Gasteiger partial charge in [0.25, 0.3) is 11.5 Å². The van der Waals surface area contributed by atoms with Crippen LogP contribution in [0.5, 0.6) is 0 Å². The molecule has 0 aliphatic rings. The van der Waals surface area contributed by atoms with Gasteiger partial charge in [0, 0.05) is 5.56 Å². The summed E-state index contributed by atoms with van der Waals surface area (Å²) in [7, 11) is 4.07. The summed E-state index contributed by atoms with van der Waals surface area (Å²) >= 11 is 5.39. The van der Waals surface area contributed by atoms with Gasteiger partial charge in [-0.1, -0.05) is 0 Å². The van der Waals surface area contributed by atoms with Crippen LogP contribution in [-0.4, -0.2) is 62.3 Å². The quantitative estimate of drug-likeness (QED) is 0.407. The van der Waals surface area contributed by atoms with Crippen LogP contribution in [0.3, 0.4) is 0 Å². The second-order valence-corrected chi connectivity index (χ2v) is 7.45. The summed E-state index contributed by atoms with van der Waals surface area (Å²) in [6.45, 7) is 9.18. The highest BCUT2D eigenvalue weighted by atomic mass is 32.1. The number of fused-ring (bicyclic) bond motifs is 1. The summed E-state index contributed by atoms with van der Waals surface area (Å²) in [5, 5.41) is 3.44. The molecule has 0 saturated carbocycles. The van der Waals surface area contributed by atoms with Crippen LogP contribution < -0.4 is 20.7 Å². The molecule has 0 aliphatic heterocycles. The van der Waals surface area contributed by atoms with Crippen molar-refractivity contribution in [3.8, 4) is 0 Å². The van der Waals surface area contributed by atoms with E-state index in [1.165, 1.54) is 9.80 Å². The largest absolute Gasteiger partial charge is 0.346 e. The van der Waals surface area contributed by atoms with Crippen LogP contribution in [0.1, 0.15) is 24.2 Å². The van der Waals surface area contributed by atoms with Crippen LogP contribution in [0, 0.1) is 4.77 Å². The first-order valence-corrected chi connectivity index (χ1v) is 9.95. The number of nitrogens with zero attached hydrogens (tertiary/aromatic N) is 1. The molecule has 2 aromatic rings. The number of amides is 1. The van der Waals surface area contributed by atoms with Crippen molar-refractivity contribution in [3.63, 3.8) is 0 Å². The molecule has 0 aliphatic carbocycles. The number of aromatic nitrogens is 2. The predicted octanol–water partition coefficient (Wildman–Crippen LogP) is -1.14.